The Morgan fingerprint density at radius 3 is 2.85 bits per heavy atom. The first-order valence-electron chi connectivity index (χ1n) is 9.14. The topological polar surface area (TPSA) is 72.3 Å². The third-order valence-corrected chi connectivity index (χ3v) is 5.52. The average Bonchev–Trinajstić information content (AvgIpc) is 3.42. The fourth-order valence-electron chi connectivity index (χ4n) is 2.93. The van der Waals surface area contributed by atoms with Crippen LogP contribution in [-0.4, -0.2) is 59.3 Å². The van der Waals surface area contributed by atoms with E-state index >= 15 is 0 Å². The van der Waals surface area contributed by atoms with Gasteiger partial charge in [0.25, 0.3) is 0 Å². The summed E-state index contributed by atoms with van der Waals surface area (Å²) in [6.07, 6.45) is 2.40. The average molecular weight is 391 g/mol. The molecule has 9 heteroatoms. The van der Waals surface area contributed by atoms with Crippen molar-refractivity contribution in [3.8, 4) is 5.69 Å². The Bertz CT molecular complexity index is 805. The van der Waals surface area contributed by atoms with Crippen molar-refractivity contribution in [1.29, 1.82) is 0 Å². The van der Waals surface area contributed by atoms with E-state index in [1.54, 1.807) is 6.07 Å². The minimum absolute atomic E-state index is 0.0198. The number of morpholine rings is 1. The van der Waals surface area contributed by atoms with E-state index in [0.717, 1.165) is 6.54 Å². The molecule has 1 aromatic carbocycles. The first-order chi connectivity index (χ1) is 13.2. The van der Waals surface area contributed by atoms with Crippen molar-refractivity contribution in [3.05, 3.63) is 30.1 Å². The second kappa shape index (κ2) is 8.26. The highest BCUT2D eigenvalue weighted by molar-refractivity contribution is 7.99. The Labute approximate surface area is 161 Å². The van der Waals surface area contributed by atoms with E-state index in [4.69, 9.17) is 4.74 Å². The Kier molecular flexibility index (Phi) is 5.58. The maximum atomic E-state index is 13.8. The molecule has 1 aliphatic carbocycles. The van der Waals surface area contributed by atoms with Crippen LogP contribution in [0.4, 0.5) is 10.3 Å². The molecule has 0 unspecified atom stereocenters. The molecule has 1 saturated carbocycles. The monoisotopic (exact) mass is 391 g/mol. The summed E-state index contributed by atoms with van der Waals surface area (Å²) in [6, 6.07) is 6.32. The molecule has 0 spiro atoms. The molecule has 7 nitrogen and oxygen atoms in total. The SMILES string of the molecule is O=C(CSc1nnc(N2CCOCC2)n1-c1cccc(F)c1)NCC1CC1. The van der Waals surface area contributed by atoms with Crippen LogP contribution in [-0.2, 0) is 9.53 Å². The van der Waals surface area contributed by atoms with Gasteiger partial charge in [0.15, 0.2) is 5.16 Å². The van der Waals surface area contributed by atoms with Crippen molar-refractivity contribution in [2.75, 3.05) is 43.5 Å². The van der Waals surface area contributed by atoms with Gasteiger partial charge in [-0.3, -0.25) is 9.36 Å². The molecule has 1 saturated heterocycles. The summed E-state index contributed by atoms with van der Waals surface area (Å²) in [4.78, 5) is 14.2. The highest BCUT2D eigenvalue weighted by Crippen LogP contribution is 2.29. The maximum Gasteiger partial charge on any atom is 0.232 e. The zero-order valence-corrected chi connectivity index (χ0v) is 15.8. The Balaban J connectivity index is 1.54. The quantitative estimate of drug-likeness (QED) is 0.727. The largest absolute Gasteiger partial charge is 0.378 e. The number of amides is 1. The lowest BCUT2D eigenvalue weighted by Gasteiger charge is -2.27. The number of ether oxygens (including phenoxy) is 1. The van der Waals surface area contributed by atoms with Gasteiger partial charge in [-0.15, -0.1) is 10.2 Å². The molecule has 1 aromatic heterocycles. The number of rotatable bonds is 7. The molecule has 2 heterocycles. The molecule has 27 heavy (non-hydrogen) atoms. The summed E-state index contributed by atoms with van der Waals surface area (Å²) in [5, 5.41) is 12.1. The van der Waals surface area contributed by atoms with Crippen molar-refractivity contribution >= 4 is 23.6 Å². The number of aromatic nitrogens is 3. The second-order valence-corrected chi connectivity index (χ2v) is 7.68. The van der Waals surface area contributed by atoms with E-state index in [1.807, 2.05) is 10.6 Å². The van der Waals surface area contributed by atoms with Gasteiger partial charge in [0.05, 0.1) is 24.7 Å². The summed E-state index contributed by atoms with van der Waals surface area (Å²) in [7, 11) is 0. The smallest absolute Gasteiger partial charge is 0.232 e. The first kappa shape index (κ1) is 18.2. The first-order valence-corrected chi connectivity index (χ1v) is 10.1. The van der Waals surface area contributed by atoms with E-state index in [2.05, 4.69) is 20.4 Å². The Morgan fingerprint density at radius 2 is 2.11 bits per heavy atom. The number of carbonyl (C=O) groups excluding carboxylic acids is 1. The standard InChI is InChI=1S/C18H22FN5O2S/c19-14-2-1-3-15(10-14)24-17(23-6-8-26-9-7-23)21-22-18(24)27-12-16(25)20-11-13-4-5-13/h1-3,10,13H,4-9,11-12H2,(H,20,25). The van der Waals surface area contributed by atoms with Gasteiger partial charge in [-0.05, 0) is 37.0 Å². The summed E-state index contributed by atoms with van der Waals surface area (Å²) in [5.41, 5.74) is 0.641. The summed E-state index contributed by atoms with van der Waals surface area (Å²) < 4.78 is 21.0. The number of halogens is 1. The molecule has 2 aliphatic rings. The zero-order valence-electron chi connectivity index (χ0n) is 14.9. The van der Waals surface area contributed by atoms with Crippen molar-refractivity contribution < 1.29 is 13.9 Å². The van der Waals surface area contributed by atoms with Crippen LogP contribution < -0.4 is 10.2 Å². The van der Waals surface area contributed by atoms with Crippen LogP contribution in [0.15, 0.2) is 29.4 Å². The second-order valence-electron chi connectivity index (χ2n) is 6.73. The van der Waals surface area contributed by atoms with Crippen LogP contribution in [0.3, 0.4) is 0 Å². The van der Waals surface area contributed by atoms with Crippen molar-refractivity contribution in [2.45, 2.75) is 18.0 Å². The Hall–Kier alpha value is -2.13. The van der Waals surface area contributed by atoms with Gasteiger partial charge in [-0.25, -0.2) is 4.39 Å². The van der Waals surface area contributed by atoms with Crippen LogP contribution in [0.25, 0.3) is 5.69 Å². The van der Waals surface area contributed by atoms with E-state index < -0.39 is 0 Å². The fraction of sp³-hybridized carbons (Fsp3) is 0.500. The number of benzene rings is 1. The molecule has 2 aromatic rings. The molecule has 0 radical (unpaired) electrons. The van der Waals surface area contributed by atoms with Gasteiger partial charge in [-0.2, -0.15) is 0 Å². The molecule has 4 rings (SSSR count). The highest BCUT2D eigenvalue weighted by Gasteiger charge is 2.24. The van der Waals surface area contributed by atoms with Crippen LogP contribution in [0, 0.1) is 11.7 Å². The van der Waals surface area contributed by atoms with E-state index in [-0.39, 0.29) is 17.5 Å². The lowest BCUT2D eigenvalue weighted by molar-refractivity contribution is -0.118. The van der Waals surface area contributed by atoms with Crippen molar-refractivity contribution in [2.24, 2.45) is 5.92 Å². The minimum Gasteiger partial charge on any atom is -0.378 e. The predicted molar refractivity (Wildman–Crippen MR) is 101 cm³/mol. The predicted octanol–water partition coefficient (Wildman–Crippen LogP) is 1.86. The molecule has 1 N–H and O–H groups in total. The molecule has 0 bridgehead atoms. The van der Waals surface area contributed by atoms with Crippen LogP contribution >= 0.6 is 11.8 Å². The number of nitrogens with zero attached hydrogens (tertiary/aromatic N) is 4. The third-order valence-electron chi connectivity index (χ3n) is 4.59. The normalized spacial score (nSPS) is 17.1. The lowest BCUT2D eigenvalue weighted by Crippen LogP contribution is -2.37. The van der Waals surface area contributed by atoms with Gasteiger partial charge >= 0.3 is 0 Å². The summed E-state index contributed by atoms with van der Waals surface area (Å²) in [5.74, 6) is 1.19. The lowest BCUT2D eigenvalue weighted by atomic mass is 10.3. The number of hydrogen-bond donors (Lipinski definition) is 1. The Morgan fingerprint density at radius 1 is 1.30 bits per heavy atom. The van der Waals surface area contributed by atoms with Crippen LogP contribution in [0.5, 0.6) is 0 Å². The number of nitrogens with one attached hydrogen (secondary N) is 1. The molecular formula is C18H22FN5O2S. The van der Waals surface area contributed by atoms with Gasteiger partial charge in [-0.1, -0.05) is 17.8 Å². The molecular weight excluding hydrogens is 369 g/mol. The van der Waals surface area contributed by atoms with Gasteiger partial charge in [0, 0.05) is 19.6 Å². The third kappa shape index (κ3) is 4.59. The number of hydrogen-bond acceptors (Lipinski definition) is 6. The van der Waals surface area contributed by atoms with Crippen molar-refractivity contribution in [1.82, 2.24) is 20.1 Å². The molecule has 1 amide bonds. The molecule has 1 aliphatic heterocycles. The minimum atomic E-state index is -0.327. The molecule has 0 atom stereocenters. The highest BCUT2D eigenvalue weighted by atomic mass is 32.2. The number of thioether (sulfide) groups is 1. The number of anilines is 1. The van der Waals surface area contributed by atoms with E-state index in [1.165, 1.54) is 36.7 Å². The number of carbonyl (C=O) groups is 1. The van der Waals surface area contributed by atoms with Gasteiger partial charge in [0.1, 0.15) is 5.82 Å². The van der Waals surface area contributed by atoms with E-state index in [0.29, 0.717) is 49.0 Å². The zero-order chi connectivity index (χ0) is 18.6. The van der Waals surface area contributed by atoms with Gasteiger partial charge < -0.3 is 15.0 Å². The summed E-state index contributed by atoms with van der Waals surface area (Å²) >= 11 is 1.31. The summed E-state index contributed by atoms with van der Waals surface area (Å²) in [6.45, 7) is 3.36. The maximum absolute atomic E-state index is 13.8. The van der Waals surface area contributed by atoms with Crippen LogP contribution in [0.1, 0.15) is 12.8 Å². The van der Waals surface area contributed by atoms with E-state index in [9.17, 15) is 9.18 Å². The molecule has 144 valence electrons. The fourth-order valence-corrected chi connectivity index (χ4v) is 3.70. The molecule has 2 fully saturated rings. The van der Waals surface area contributed by atoms with Crippen molar-refractivity contribution in [3.63, 3.8) is 0 Å². The van der Waals surface area contributed by atoms with Gasteiger partial charge in [0.2, 0.25) is 11.9 Å². The van der Waals surface area contributed by atoms with Crippen LogP contribution in [0.2, 0.25) is 0 Å².